The van der Waals surface area contributed by atoms with Crippen molar-refractivity contribution in [3.05, 3.63) is 28.8 Å². The molecule has 2 nitrogen and oxygen atoms in total. The molecule has 1 aliphatic heterocycles. The first-order valence-corrected chi connectivity index (χ1v) is 7.16. The van der Waals surface area contributed by atoms with Crippen molar-refractivity contribution >= 4 is 34.2 Å². The summed E-state index contributed by atoms with van der Waals surface area (Å²) >= 11 is 7.78. The third-order valence-electron chi connectivity index (χ3n) is 2.88. The van der Waals surface area contributed by atoms with Crippen LogP contribution in [0.25, 0.3) is 0 Å². The van der Waals surface area contributed by atoms with Crippen molar-refractivity contribution in [2.24, 2.45) is 10.9 Å². The molecule has 0 aliphatic carbocycles. The highest BCUT2D eigenvalue weighted by molar-refractivity contribution is 8.14. The van der Waals surface area contributed by atoms with Gasteiger partial charge < -0.3 is 5.32 Å². The molecular weight excluding hydrogens is 252 g/mol. The van der Waals surface area contributed by atoms with E-state index in [2.05, 4.69) is 31.1 Å². The number of rotatable bonds is 2. The van der Waals surface area contributed by atoms with Gasteiger partial charge in [0.15, 0.2) is 5.17 Å². The molecule has 0 fully saturated rings. The maximum absolute atomic E-state index is 5.99. The molecule has 1 unspecified atom stereocenters. The van der Waals surface area contributed by atoms with Gasteiger partial charge in [-0.25, -0.2) is 0 Å². The predicted molar refractivity (Wildman–Crippen MR) is 78.3 cm³/mol. The lowest BCUT2D eigenvalue weighted by atomic mass is 10.1. The summed E-state index contributed by atoms with van der Waals surface area (Å²) in [4.78, 5) is 4.68. The number of thioether (sulfide) groups is 1. The number of aliphatic imine (C=N–C) groups is 1. The normalized spacial score (nSPS) is 19.6. The lowest BCUT2D eigenvalue weighted by Gasteiger charge is -2.09. The van der Waals surface area contributed by atoms with Crippen LogP contribution in [0, 0.1) is 12.8 Å². The highest BCUT2D eigenvalue weighted by atomic mass is 35.5. The van der Waals surface area contributed by atoms with Crippen LogP contribution in [0.1, 0.15) is 19.4 Å². The van der Waals surface area contributed by atoms with Gasteiger partial charge in [0.1, 0.15) is 0 Å². The second-order valence-corrected chi connectivity index (χ2v) is 6.09. The first kappa shape index (κ1) is 12.8. The van der Waals surface area contributed by atoms with Crippen molar-refractivity contribution in [3.63, 3.8) is 0 Å². The van der Waals surface area contributed by atoms with E-state index in [4.69, 9.17) is 11.6 Å². The van der Waals surface area contributed by atoms with Crippen molar-refractivity contribution in [3.8, 4) is 0 Å². The van der Waals surface area contributed by atoms with Crippen molar-refractivity contribution in [2.45, 2.75) is 26.8 Å². The highest BCUT2D eigenvalue weighted by Crippen LogP contribution is 2.26. The van der Waals surface area contributed by atoms with Gasteiger partial charge in [-0.2, -0.15) is 0 Å². The molecule has 0 saturated heterocycles. The summed E-state index contributed by atoms with van der Waals surface area (Å²) in [7, 11) is 0. The number of halogens is 1. The van der Waals surface area contributed by atoms with Crippen LogP contribution in [-0.2, 0) is 0 Å². The van der Waals surface area contributed by atoms with Crippen LogP contribution < -0.4 is 5.32 Å². The first-order chi connectivity index (χ1) is 8.06. The maximum atomic E-state index is 5.99. The van der Waals surface area contributed by atoms with Gasteiger partial charge in [0.25, 0.3) is 0 Å². The minimum atomic E-state index is 0.432. The molecule has 1 aliphatic rings. The number of nitrogens with zero attached hydrogens (tertiary/aromatic N) is 1. The third-order valence-corrected chi connectivity index (χ3v) is 4.11. The molecule has 0 radical (unpaired) electrons. The molecular formula is C13H17ClN2S. The van der Waals surface area contributed by atoms with Crippen LogP contribution in [0.3, 0.4) is 0 Å². The predicted octanol–water partition coefficient (Wildman–Crippen LogP) is 4.19. The third kappa shape index (κ3) is 3.17. The Labute approximate surface area is 112 Å². The Bertz CT molecular complexity index is 443. The SMILES string of the molecule is Cc1ccc(Cl)cc1NC1=NC(C(C)C)CS1. The van der Waals surface area contributed by atoms with Crippen LogP contribution >= 0.6 is 23.4 Å². The summed E-state index contributed by atoms with van der Waals surface area (Å²) < 4.78 is 0. The monoisotopic (exact) mass is 268 g/mol. The Hall–Kier alpha value is -0.670. The number of anilines is 1. The molecule has 0 spiro atoms. The fourth-order valence-corrected chi connectivity index (χ4v) is 3.00. The second-order valence-electron chi connectivity index (χ2n) is 4.64. The molecule has 0 aromatic heterocycles. The minimum Gasteiger partial charge on any atom is -0.335 e. The zero-order valence-corrected chi connectivity index (χ0v) is 11.9. The van der Waals surface area contributed by atoms with Gasteiger partial charge in [0.05, 0.1) is 6.04 Å². The summed E-state index contributed by atoms with van der Waals surface area (Å²) in [6, 6.07) is 6.30. The Balaban J connectivity index is 2.11. The summed E-state index contributed by atoms with van der Waals surface area (Å²) in [5.74, 6) is 1.67. The molecule has 1 heterocycles. The summed E-state index contributed by atoms with van der Waals surface area (Å²) in [6.07, 6.45) is 0. The summed E-state index contributed by atoms with van der Waals surface area (Å²) in [5.41, 5.74) is 2.24. The standard InChI is InChI=1S/C13H17ClN2S/c1-8(2)12-7-17-13(16-12)15-11-6-10(14)5-4-9(11)3/h4-6,8,12H,7H2,1-3H3,(H,15,16). The number of benzene rings is 1. The van der Waals surface area contributed by atoms with E-state index in [0.29, 0.717) is 12.0 Å². The van der Waals surface area contributed by atoms with E-state index in [1.165, 1.54) is 5.56 Å². The van der Waals surface area contributed by atoms with Gasteiger partial charge in [-0.05, 0) is 30.5 Å². The molecule has 0 amide bonds. The highest BCUT2D eigenvalue weighted by Gasteiger charge is 2.21. The minimum absolute atomic E-state index is 0.432. The molecule has 2 rings (SSSR count). The Morgan fingerprint density at radius 2 is 2.24 bits per heavy atom. The van der Waals surface area contributed by atoms with Gasteiger partial charge in [-0.15, -0.1) is 0 Å². The molecule has 92 valence electrons. The van der Waals surface area contributed by atoms with E-state index >= 15 is 0 Å². The first-order valence-electron chi connectivity index (χ1n) is 5.80. The Morgan fingerprint density at radius 1 is 1.47 bits per heavy atom. The van der Waals surface area contributed by atoms with E-state index in [-0.39, 0.29) is 0 Å². The van der Waals surface area contributed by atoms with Gasteiger partial charge >= 0.3 is 0 Å². The molecule has 17 heavy (non-hydrogen) atoms. The summed E-state index contributed by atoms with van der Waals surface area (Å²) in [5, 5.41) is 5.12. The number of aryl methyl sites for hydroxylation is 1. The van der Waals surface area contributed by atoms with E-state index in [9.17, 15) is 0 Å². The zero-order chi connectivity index (χ0) is 12.4. The fraction of sp³-hybridized carbons (Fsp3) is 0.462. The van der Waals surface area contributed by atoms with Crippen LogP contribution in [0.4, 0.5) is 5.69 Å². The zero-order valence-electron chi connectivity index (χ0n) is 10.3. The van der Waals surface area contributed by atoms with E-state index in [1.54, 1.807) is 11.8 Å². The quantitative estimate of drug-likeness (QED) is 0.870. The van der Waals surface area contributed by atoms with E-state index in [1.807, 2.05) is 18.2 Å². The van der Waals surface area contributed by atoms with Crippen LogP contribution in [0.15, 0.2) is 23.2 Å². The Morgan fingerprint density at radius 3 is 2.88 bits per heavy atom. The molecule has 0 saturated carbocycles. The van der Waals surface area contributed by atoms with Gasteiger partial charge in [-0.3, -0.25) is 4.99 Å². The van der Waals surface area contributed by atoms with Crippen molar-refractivity contribution < 1.29 is 0 Å². The van der Waals surface area contributed by atoms with Crippen LogP contribution in [0.2, 0.25) is 5.02 Å². The smallest absolute Gasteiger partial charge is 0.161 e. The van der Waals surface area contributed by atoms with Gasteiger partial charge in [0.2, 0.25) is 0 Å². The largest absolute Gasteiger partial charge is 0.335 e. The van der Waals surface area contributed by atoms with Crippen molar-refractivity contribution in [2.75, 3.05) is 11.1 Å². The lowest BCUT2D eigenvalue weighted by Crippen LogP contribution is -2.12. The fourth-order valence-electron chi connectivity index (χ4n) is 1.64. The number of amidine groups is 1. The molecule has 1 atom stereocenters. The number of nitrogens with one attached hydrogen (secondary N) is 1. The van der Waals surface area contributed by atoms with E-state index < -0.39 is 0 Å². The average Bonchev–Trinajstić information content (AvgIpc) is 2.72. The second kappa shape index (κ2) is 5.32. The molecule has 0 bridgehead atoms. The van der Waals surface area contributed by atoms with E-state index in [0.717, 1.165) is 21.6 Å². The van der Waals surface area contributed by atoms with Crippen LogP contribution in [0.5, 0.6) is 0 Å². The number of hydrogen-bond donors (Lipinski definition) is 1. The van der Waals surface area contributed by atoms with Gasteiger partial charge in [-0.1, -0.05) is 43.3 Å². The summed E-state index contributed by atoms with van der Waals surface area (Å²) in [6.45, 7) is 6.49. The maximum Gasteiger partial charge on any atom is 0.161 e. The molecule has 1 aromatic carbocycles. The molecule has 1 N–H and O–H groups in total. The van der Waals surface area contributed by atoms with Crippen LogP contribution in [-0.4, -0.2) is 17.0 Å². The average molecular weight is 269 g/mol. The molecule has 4 heteroatoms. The van der Waals surface area contributed by atoms with Gasteiger partial charge in [0, 0.05) is 16.5 Å². The number of hydrogen-bond acceptors (Lipinski definition) is 3. The van der Waals surface area contributed by atoms with Crippen molar-refractivity contribution in [1.29, 1.82) is 0 Å². The Kier molecular flexibility index (Phi) is 4.00. The molecule has 1 aromatic rings. The van der Waals surface area contributed by atoms with Crippen molar-refractivity contribution in [1.82, 2.24) is 0 Å². The lowest BCUT2D eigenvalue weighted by molar-refractivity contribution is 0.543. The topological polar surface area (TPSA) is 24.4 Å².